The van der Waals surface area contributed by atoms with Gasteiger partial charge in [-0.3, -0.25) is 4.90 Å². The van der Waals surface area contributed by atoms with Crippen LogP contribution in [0.4, 0.5) is 10.1 Å². The van der Waals surface area contributed by atoms with E-state index < -0.39 is 0 Å². The summed E-state index contributed by atoms with van der Waals surface area (Å²) in [5, 5.41) is 9.36. The average molecular weight is 449 g/mol. The van der Waals surface area contributed by atoms with Crippen LogP contribution in [0.1, 0.15) is 17.5 Å². The Morgan fingerprint density at radius 2 is 1.50 bits per heavy atom. The van der Waals surface area contributed by atoms with Crippen molar-refractivity contribution in [3.8, 4) is 11.5 Å². The monoisotopic (exact) mass is 448 g/mol. The topological polar surface area (TPSA) is 45.4 Å². The summed E-state index contributed by atoms with van der Waals surface area (Å²) in [5.41, 5.74) is 2.97. The summed E-state index contributed by atoms with van der Waals surface area (Å²) in [6, 6.07) is 24.1. The van der Waals surface area contributed by atoms with Crippen molar-refractivity contribution < 1.29 is 8.81 Å². The molecule has 5 rings (SSSR count). The Balaban J connectivity index is 1.39. The second-order valence-electron chi connectivity index (χ2n) is 7.76. The van der Waals surface area contributed by atoms with Crippen molar-refractivity contribution in [2.45, 2.75) is 6.04 Å². The molecule has 5 nitrogen and oxygen atoms in total. The second kappa shape index (κ2) is 9.10. The molecule has 162 valence electrons. The molecular formula is C25H22ClFN4O. The van der Waals surface area contributed by atoms with Crippen LogP contribution in [0, 0.1) is 5.82 Å². The minimum absolute atomic E-state index is 0.139. The third-order valence-electron chi connectivity index (χ3n) is 5.75. The lowest BCUT2D eigenvalue weighted by Crippen LogP contribution is -2.48. The molecule has 1 atom stereocenters. The van der Waals surface area contributed by atoms with E-state index >= 15 is 0 Å². The Hall–Kier alpha value is -3.22. The van der Waals surface area contributed by atoms with Crippen LogP contribution < -0.4 is 4.90 Å². The second-order valence-corrected chi connectivity index (χ2v) is 8.20. The number of nitrogens with zero attached hydrogens (tertiary/aromatic N) is 4. The molecule has 0 radical (unpaired) electrons. The summed E-state index contributed by atoms with van der Waals surface area (Å²) in [6.45, 7) is 3.28. The van der Waals surface area contributed by atoms with Crippen LogP contribution in [0.2, 0.25) is 5.02 Å². The number of anilines is 1. The molecule has 2 heterocycles. The van der Waals surface area contributed by atoms with Gasteiger partial charge in [0.1, 0.15) is 11.9 Å². The quantitative estimate of drug-likeness (QED) is 0.406. The van der Waals surface area contributed by atoms with Crippen LogP contribution >= 0.6 is 11.6 Å². The predicted octanol–water partition coefficient (Wildman–Crippen LogP) is 5.44. The van der Waals surface area contributed by atoms with Gasteiger partial charge in [0.2, 0.25) is 11.8 Å². The largest absolute Gasteiger partial charge is 0.419 e. The molecule has 32 heavy (non-hydrogen) atoms. The number of rotatable bonds is 5. The standard InChI is InChI=1S/C25H22ClFN4O/c26-20-8-6-19(7-9-20)24-28-29-25(32-24)23(18-4-2-1-3-5-18)31-16-14-30(15-17-31)22-12-10-21(27)11-13-22/h1-13,23H,14-17H2/t23-/m0/s1. The molecule has 0 unspecified atom stereocenters. The van der Waals surface area contributed by atoms with Crippen LogP contribution in [0.15, 0.2) is 83.3 Å². The van der Waals surface area contributed by atoms with Crippen molar-refractivity contribution in [3.05, 3.63) is 101 Å². The fourth-order valence-electron chi connectivity index (χ4n) is 4.09. The minimum Gasteiger partial charge on any atom is -0.419 e. The molecule has 1 aliphatic rings. The molecule has 7 heteroatoms. The van der Waals surface area contributed by atoms with Crippen LogP contribution in [-0.4, -0.2) is 41.3 Å². The first-order valence-corrected chi connectivity index (χ1v) is 10.9. The van der Waals surface area contributed by atoms with Crippen molar-refractivity contribution in [1.82, 2.24) is 15.1 Å². The molecule has 0 aliphatic carbocycles. The summed E-state index contributed by atoms with van der Waals surface area (Å²) < 4.78 is 19.4. The molecule has 4 aromatic rings. The zero-order valence-electron chi connectivity index (χ0n) is 17.4. The lowest BCUT2D eigenvalue weighted by atomic mass is 10.0. The predicted molar refractivity (Wildman–Crippen MR) is 123 cm³/mol. The fraction of sp³-hybridized carbons (Fsp3) is 0.200. The first kappa shape index (κ1) is 20.7. The maximum Gasteiger partial charge on any atom is 0.247 e. The molecule has 1 fully saturated rings. The lowest BCUT2D eigenvalue weighted by molar-refractivity contribution is 0.188. The molecule has 1 saturated heterocycles. The maximum atomic E-state index is 13.3. The van der Waals surface area contributed by atoms with Crippen LogP contribution in [0.25, 0.3) is 11.5 Å². The van der Waals surface area contributed by atoms with E-state index in [9.17, 15) is 4.39 Å². The fourth-order valence-corrected chi connectivity index (χ4v) is 4.22. The van der Waals surface area contributed by atoms with Gasteiger partial charge in [-0.1, -0.05) is 41.9 Å². The Kier molecular flexibility index (Phi) is 5.88. The molecule has 0 spiro atoms. The first-order chi connectivity index (χ1) is 15.7. The highest BCUT2D eigenvalue weighted by Crippen LogP contribution is 2.31. The zero-order chi connectivity index (χ0) is 21.9. The number of aromatic nitrogens is 2. The van der Waals surface area contributed by atoms with Gasteiger partial charge in [0.05, 0.1) is 0 Å². The lowest BCUT2D eigenvalue weighted by Gasteiger charge is -2.39. The average Bonchev–Trinajstić information content (AvgIpc) is 3.31. The highest BCUT2D eigenvalue weighted by molar-refractivity contribution is 6.30. The number of benzene rings is 3. The van der Waals surface area contributed by atoms with E-state index in [1.807, 2.05) is 54.6 Å². The van der Waals surface area contributed by atoms with Crippen molar-refractivity contribution in [1.29, 1.82) is 0 Å². The van der Waals surface area contributed by atoms with Gasteiger partial charge in [0, 0.05) is 42.5 Å². The van der Waals surface area contributed by atoms with Crippen molar-refractivity contribution in [2.24, 2.45) is 0 Å². The van der Waals surface area contributed by atoms with Gasteiger partial charge in [-0.25, -0.2) is 4.39 Å². The van der Waals surface area contributed by atoms with E-state index in [4.69, 9.17) is 16.0 Å². The van der Waals surface area contributed by atoms with E-state index in [1.54, 1.807) is 0 Å². The van der Waals surface area contributed by atoms with Gasteiger partial charge < -0.3 is 9.32 Å². The van der Waals surface area contributed by atoms with Gasteiger partial charge in [0.15, 0.2) is 0 Å². The Labute approximate surface area is 191 Å². The molecular weight excluding hydrogens is 427 g/mol. The van der Waals surface area contributed by atoms with Crippen molar-refractivity contribution in [2.75, 3.05) is 31.1 Å². The highest BCUT2D eigenvalue weighted by atomic mass is 35.5. The summed E-state index contributed by atoms with van der Waals surface area (Å²) in [5.74, 6) is 0.823. The SMILES string of the molecule is Fc1ccc(N2CCN([C@@H](c3ccccc3)c3nnc(-c4ccc(Cl)cc4)o3)CC2)cc1. The normalized spacial score (nSPS) is 15.6. The molecule has 1 aromatic heterocycles. The number of hydrogen-bond donors (Lipinski definition) is 0. The minimum atomic E-state index is -0.218. The molecule has 0 N–H and O–H groups in total. The molecule has 0 amide bonds. The van der Waals surface area contributed by atoms with Crippen LogP contribution in [0.5, 0.6) is 0 Å². The maximum absolute atomic E-state index is 13.3. The zero-order valence-corrected chi connectivity index (χ0v) is 18.1. The summed E-state index contributed by atoms with van der Waals surface area (Å²) in [7, 11) is 0. The van der Waals surface area contributed by atoms with E-state index in [0.29, 0.717) is 16.8 Å². The Morgan fingerprint density at radius 3 is 2.19 bits per heavy atom. The number of halogens is 2. The Morgan fingerprint density at radius 1 is 0.812 bits per heavy atom. The Bertz CT molecular complexity index is 1160. The van der Waals surface area contributed by atoms with Crippen LogP contribution in [0.3, 0.4) is 0 Å². The van der Waals surface area contributed by atoms with Crippen molar-refractivity contribution in [3.63, 3.8) is 0 Å². The van der Waals surface area contributed by atoms with E-state index in [2.05, 4.69) is 32.1 Å². The smallest absolute Gasteiger partial charge is 0.247 e. The third kappa shape index (κ3) is 4.38. The first-order valence-electron chi connectivity index (χ1n) is 10.6. The summed E-state index contributed by atoms with van der Waals surface area (Å²) in [6.07, 6.45) is 0. The third-order valence-corrected chi connectivity index (χ3v) is 6.00. The highest BCUT2D eigenvalue weighted by Gasteiger charge is 2.30. The summed E-state index contributed by atoms with van der Waals surface area (Å²) >= 11 is 6.00. The molecule has 0 bridgehead atoms. The molecule has 0 saturated carbocycles. The number of piperazine rings is 1. The van der Waals surface area contributed by atoms with E-state index in [0.717, 1.165) is 43.0 Å². The van der Waals surface area contributed by atoms with Gasteiger partial charge >= 0.3 is 0 Å². The van der Waals surface area contributed by atoms with E-state index in [1.165, 1.54) is 12.1 Å². The van der Waals surface area contributed by atoms with Gasteiger partial charge in [0.25, 0.3) is 0 Å². The molecule has 3 aromatic carbocycles. The number of hydrogen-bond acceptors (Lipinski definition) is 5. The molecule has 1 aliphatic heterocycles. The van der Waals surface area contributed by atoms with Crippen molar-refractivity contribution >= 4 is 17.3 Å². The van der Waals surface area contributed by atoms with Gasteiger partial charge in [-0.2, -0.15) is 0 Å². The van der Waals surface area contributed by atoms with Crippen LogP contribution in [-0.2, 0) is 0 Å². The van der Waals surface area contributed by atoms with E-state index in [-0.39, 0.29) is 11.9 Å². The summed E-state index contributed by atoms with van der Waals surface area (Å²) in [4.78, 5) is 4.62. The van der Waals surface area contributed by atoms with Gasteiger partial charge in [-0.15, -0.1) is 10.2 Å². The van der Waals surface area contributed by atoms with Gasteiger partial charge in [-0.05, 0) is 54.1 Å².